The predicted octanol–water partition coefficient (Wildman–Crippen LogP) is 4.21. The molecule has 0 radical (unpaired) electrons. The first-order valence-electron chi connectivity index (χ1n) is 5.58. The number of nitrogens with one attached hydrogen (secondary N) is 1. The van der Waals surface area contributed by atoms with Crippen LogP contribution in [0.25, 0.3) is 11.0 Å². The van der Waals surface area contributed by atoms with Crippen LogP contribution in [0.2, 0.25) is 5.02 Å². The number of pyridine rings is 1. The van der Waals surface area contributed by atoms with Crippen LogP contribution in [0.4, 0.5) is 0 Å². The zero-order chi connectivity index (χ0) is 13.4. The summed E-state index contributed by atoms with van der Waals surface area (Å²) in [6, 6.07) is 8.84. The maximum atomic E-state index is 12.5. The van der Waals surface area contributed by atoms with Gasteiger partial charge in [-0.25, -0.2) is 4.98 Å². The van der Waals surface area contributed by atoms with E-state index in [-0.39, 0.29) is 5.78 Å². The highest BCUT2D eigenvalue weighted by Gasteiger charge is 2.15. The Labute approximate surface area is 122 Å². The van der Waals surface area contributed by atoms with Gasteiger partial charge in [0.25, 0.3) is 0 Å². The minimum absolute atomic E-state index is 0.0753. The molecule has 0 aliphatic rings. The number of nitrogens with zero attached hydrogens (tertiary/aromatic N) is 1. The fourth-order valence-corrected chi connectivity index (χ4v) is 2.36. The molecule has 1 aromatic carbocycles. The number of halogens is 2. The van der Waals surface area contributed by atoms with Gasteiger partial charge in [-0.15, -0.1) is 0 Å². The minimum Gasteiger partial charge on any atom is -0.345 e. The molecule has 0 saturated heterocycles. The van der Waals surface area contributed by atoms with E-state index in [1.54, 1.807) is 30.6 Å². The van der Waals surface area contributed by atoms with Gasteiger partial charge in [-0.3, -0.25) is 4.79 Å². The van der Waals surface area contributed by atoms with Crippen LogP contribution < -0.4 is 0 Å². The van der Waals surface area contributed by atoms with E-state index in [9.17, 15) is 4.79 Å². The molecule has 0 unspecified atom stereocenters. The molecule has 2 heterocycles. The largest absolute Gasteiger partial charge is 0.345 e. The number of aromatic nitrogens is 2. The Morgan fingerprint density at radius 3 is 2.95 bits per heavy atom. The summed E-state index contributed by atoms with van der Waals surface area (Å²) in [5, 5.41) is 1.33. The summed E-state index contributed by atoms with van der Waals surface area (Å²) in [6.07, 6.45) is 3.36. The van der Waals surface area contributed by atoms with Gasteiger partial charge in [0.1, 0.15) is 5.65 Å². The summed E-state index contributed by atoms with van der Waals surface area (Å²) in [5.41, 5.74) is 1.86. The number of H-pyrrole nitrogens is 1. The maximum absolute atomic E-state index is 12.5. The number of aromatic amines is 1. The van der Waals surface area contributed by atoms with Gasteiger partial charge in [0, 0.05) is 33.4 Å². The number of rotatable bonds is 2. The maximum Gasteiger partial charge on any atom is 0.195 e. The Bertz CT molecular complexity index is 782. The zero-order valence-electron chi connectivity index (χ0n) is 9.65. The van der Waals surface area contributed by atoms with Crippen LogP contribution in [0.3, 0.4) is 0 Å². The SMILES string of the molecule is O=C(c1ccc(Br)c(Cl)c1)c1c[nH]c2ncccc12. The molecule has 1 N–H and O–H groups in total. The van der Waals surface area contributed by atoms with Crippen molar-refractivity contribution in [3.63, 3.8) is 0 Å². The number of benzene rings is 1. The fraction of sp³-hybridized carbons (Fsp3) is 0. The van der Waals surface area contributed by atoms with Gasteiger partial charge in [-0.1, -0.05) is 11.6 Å². The van der Waals surface area contributed by atoms with E-state index in [2.05, 4.69) is 25.9 Å². The summed E-state index contributed by atoms with van der Waals surface area (Å²) in [6.45, 7) is 0. The third-order valence-electron chi connectivity index (χ3n) is 2.88. The quantitative estimate of drug-likeness (QED) is 0.713. The summed E-state index contributed by atoms with van der Waals surface area (Å²) >= 11 is 9.33. The summed E-state index contributed by atoms with van der Waals surface area (Å²) in [5.74, 6) is -0.0753. The lowest BCUT2D eigenvalue weighted by molar-refractivity contribution is 0.104. The first kappa shape index (κ1) is 12.4. The van der Waals surface area contributed by atoms with Crippen LogP contribution in [-0.2, 0) is 0 Å². The molecule has 2 aromatic heterocycles. The zero-order valence-corrected chi connectivity index (χ0v) is 12.0. The first-order chi connectivity index (χ1) is 9.16. The molecule has 3 nitrogen and oxygen atoms in total. The number of fused-ring (bicyclic) bond motifs is 1. The van der Waals surface area contributed by atoms with Crippen molar-refractivity contribution in [3.8, 4) is 0 Å². The predicted molar refractivity (Wildman–Crippen MR) is 78.7 cm³/mol. The second kappa shape index (κ2) is 4.79. The normalized spacial score (nSPS) is 10.8. The van der Waals surface area contributed by atoms with Crippen molar-refractivity contribution in [2.24, 2.45) is 0 Å². The molecule has 0 fully saturated rings. The van der Waals surface area contributed by atoms with Crippen LogP contribution in [0.1, 0.15) is 15.9 Å². The van der Waals surface area contributed by atoms with Gasteiger partial charge in [-0.05, 0) is 46.3 Å². The van der Waals surface area contributed by atoms with E-state index in [1.807, 2.05) is 12.1 Å². The van der Waals surface area contributed by atoms with Crippen LogP contribution in [-0.4, -0.2) is 15.8 Å². The third kappa shape index (κ3) is 2.17. The Morgan fingerprint density at radius 2 is 2.16 bits per heavy atom. The summed E-state index contributed by atoms with van der Waals surface area (Å²) < 4.78 is 0.770. The van der Waals surface area contributed by atoms with Gasteiger partial charge in [0.15, 0.2) is 5.78 Å². The van der Waals surface area contributed by atoms with Crippen LogP contribution >= 0.6 is 27.5 Å². The smallest absolute Gasteiger partial charge is 0.195 e. The van der Waals surface area contributed by atoms with Crippen molar-refractivity contribution in [2.45, 2.75) is 0 Å². The van der Waals surface area contributed by atoms with Crippen molar-refractivity contribution in [2.75, 3.05) is 0 Å². The van der Waals surface area contributed by atoms with Gasteiger partial charge in [-0.2, -0.15) is 0 Å². The number of ketones is 1. The summed E-state index contributed by atoms with van der Waals surface area (Å²) in [4.78, 5) is 19.6. The summed E-state index contributed by atoms with van der Waals surface area (Å²) in [7, 11) is 0. The van der Waals surface area contributed by atoms with E-state index in [1.165, 1.54) is 0 Å². The van der Waals surface area contributed by atoms with Gasteiger partial charge in [0.2, 0.25) is 0 Å². The molecule has 19 heavy (non-hydrogen) atoms. The number of carbonyl (C=O) groups is 1. The lowest BCUT2D eigenvalue weighted by Crippen LogP contribution is -2.00. The Hall–Kier alpha value is -1.65. The lowest BCUT2D eigenvalue weighted by Gasteiger charge is -2.02. The molecule has 0 aliphatic heterocycles. The van der Waals surface area contributed by atoms with Crippen molar-refractivity contribution in [1.29, 1.82) is 0 Å². The highest BCUT2D eigenvalue weighted by molar-refractivity contribution is 9.10. The van der Waals surface area contributed by atoms with Crippen molar-refractivity contribution >= 4 is 44.3 Å². The van der Waals surface area contributed by atoms with Gasteiger partial charge in [0.05, 0.1) is 5.02 Å². The molecule has 0 bridgehead atoms. The standard InChI is InChI=1S/C14H8BrClN2O/c15-11-4-3-8(6-12(11)16)13(19)10-7-18-14-9(10)2-1-5-17-14/h1-7H,(H,17,18). The topological polar surface area (TPSA) is 45.8 Å². The third-order valence-corrected chi connectivity index (χ3v) is 4.11. The Morgan fingerprint density at radius 1 is 1.32 bits per heavy atom. The van der Waals surface area contributed by atoms with Crippen LogP contribution in [0.5, 0.6) is 0 Å². The highest BCUT2D eigenvalue weighted by Crippen LogP contribution is 2.26. The van der Waals surface area contributed by atoms with Crippen molar-refractivity contribution < 1.29 is 4.79 Å². The van der Waals surface area contributed by atoms with E-state index in [0.29, 0.717) is 21.8 Å². The second-order valence-electron chi connectivity index (χ2n) is 4.06. The van der Waals surface area contributed by atoms with Crippen LogP contribution in [0.15, 0.2) is 47.2 Å². The second-order valence-corrected chi connectivity index (χ2v) is 5.32. The molecular weight excluding hydrogens is 328 g/mol. The molecular formula is C14H8BrClN2O. The fourth-order valence-electron chi connectivity index (χ4n) is 1.94. The molecule has 5 heteroatoms. The van der Waals surface area contributed by atoms with E-state index in [4.69, 9.17) is 11.6 Å². The van der Waals surface area contributed by atoms with Crippen LogP contribution in [0, 0.1) is 0 Å². The lowest BCUT2D eigenvalue weighted by atomic mass is 10.0. The van der Waals surface area contributed by atoms with E-state index < -0.39 is 0 Å². The average molecular weight is 336 g/mol. The molecule has 3 aromatic rings. The minimum atomic E-state index is -0.0753. The average Bonchev–Trinajstić information content (AvgIpc) is 2.85. The first-order valence-corrected chi connectivity index (χ1v) is 6.76. The molecule has 0 saturated carbocycles. The van der Waals surface area contributed by atoms with Crippen molar-refractivity contribution in [3.05, 3.63) is 63.3 Å². The Balaban J connectivity index is 2.11. The monoisotopic (exact) mass is 334 g/mol. The van der Waals surface area contributed by atoms with E-state index in [0.717, 1.165) is 9.86 Å². The number of carbonyl (C=O) groups excluding carboxylic acids is 1. The molecule has 0 spiro atoms. The Kier molecular flexibility index (Phi) is 3.12. The molecule has 3 rings (SSSR count). The van der Waals surface area contributed by atoms with Gasteiger partial charge >= 0.3 is 0 Å². The molecule has 0 amide bonds. The van der Waals surface area contributed by atoms with Gasteiger partial charge < -0.3 is 4.98 Å². The molecule has 94 valence electrons. The number of hydrogen-bond donors (Lipinski definition) is 1. The number of hydrogen-bond acceptors (Lipinski definition) is 2. The van der Waals surface area contributed by atoms with Crippen molar-refractivity contribution in [1.82, 2.24) is 9.97 Å². The molecule has 0 aliphatic carbocycles. The highest BCUT2D eigenvalue weighted by atomic mass is 79.9. The van der Waals surface area contributed by atoms with E-state index >= 15 is 0 Å². The molecule has 0 atom stereocenters.